The van der Waals surface area contributed by atoms with E-state index in [9.17, 15) is 18.9 Å². The lowest BCUT2D eigenvalue weighted by atomic mass is 10.2. The van der Waals surface area contributed by atoms with Gasteiger partial charge in [-0.15, -0.1) is 0 Å². The lowest BCUT2D eigenvalue weighted by Crippen LogP contribution is -2.52. The maximum atomic E-state index is 10.7. The zero-order chi connectivity index (χ0) is 12.2. The van der Waals surface area contributed by atoms with Crippen molar-refractivity contribution in [1.82, 2.24) is 5.32 Å². The van der Waals surface area contributed by atoms with E-state index < -0.39 is 37.8 Å². The third-order valence-corrected chi connectivity index (χ3v) is 2.71. The normalized spacial score (nSPS) is 16.1. The van der Waals surface area contributed by atoms with Gasteiger partial charge in [0.2, 0.25) is 13.3 Å². The molecule has 1 amide bonds. The zero-order valence-electron chi connectivity index (χ0n) is 7.13. The second-order valence-electron chi connectivity index (χ2n) is 2.52. The average molecular weight is 241 g/mol. The van der Waals surface area contributed by atoms with Crippen molar-refractivity contribution in [3.05, 3.63) is 0 Å². The Kier molecular flexibility index (Phi) is 4.25. The lowest BCUT2D eigenvalue weighted by Gasteiger charge is -2.23. The molecule has 0 spiro atoms. The van der Waals surface area contributed by atoms with Gasteiger partial charge in [-0.05, 0) is 0 Å². The minimum Gasteiger partial charge on any atom is -0.481 e. The first-order valence-electron chi connectivity index (χ1n) is 3.42. The fourth-order valence-corrected chi connectivity index (χ4v) is 1.50. The van der Waals surface area contributed by atoms with Crippen molar-refractivity contribution in [2.45, 2.75) is 11.7 Å². The Hall–Kier alpha value is -1.60. The molecule has 0 aliphatic heterocycles. The van der Waals surface area contributed by atoms with Gasteiger partial charge >= 0.3 is 18.0 Å². The number of hydrogen-bond donors (Lipinski definition) is 5. The number of nitrogens with one attached hydrogen (secondary N) is 1. The van der Waals surface area contributed by atoms with Crippen LogP contribution in [-0.2, 0) is 14.2 Å². The second-order valence-corrected chi connectivity index (χ2v) is 3.98. The first kappa shape index (κ1) is 13.4. The highest BCUT2D eigenvalue weighted by atomic mass is 31.1. The minimum atomic E-state index is -3.94. The highest BCUT2D eigenvalue weighted by Crippen LogP contribution is 2.36. The molecular weight excluding hydrogens is 233 g/mol. The first-order chi connectivity index (χ1) is 6.72. The van der Waals surface area contributed by atoms with Crippen molar-refractivity contribution in [3.63, 3.8) is 0 Å². The summed E-state index contributed by atoms with van der Waals surface area (Å²) in [6, 6.07) is 0. The van der Waals surface area contributed by atoms with Crippen LogP contribution in [0.3, 0.4) is 0 Å². The van der Waals surface area contributed by atoms with E-state index in [0.29, 0.717) is 0 Å². The summed E-state index contributed by atoms with van der Waals surface area (Å²) in [7, 11) is -3.94. The van der Waals surface area contributed by atoms with Crippen LogP contribution in [0.1, 0.15) is 6.42 Å². The molecule has 5 N–H and O–H groups in total. The predicted octanol–water partition coefficient (Wildman–Crippen LogP) is -1.02. The molecule has 0 heterocycles. The van der Waals surface area contributed by atoms with Crippen molar-refractivity contribution < 1.29 is 39.2 Å². The van der Waals surface area contributed by atoms with E-state index in [0.717, 1.165) is 0 Å². The van der Waals surface area contributed by atoms with E-state index in [1.54, 1.807) is 0 Å². The third-order valence-electron chi connectivity index (χ3n) is 1.47. The van der Waals surface area contributed by atoms with E-state index in [1.165, 1.54) is 5.32 Å². The van der Waals surface area contributed by atoms with Gasteiger partial charge < -0.3 is 20.2 Å². The number of carboxylic acids is 2. The van der Waals surface area contributed by atoms with Crippen LogP contribution in [0.5, 0.6) is 0 Å². The smallest absolute Gasteiger partial charge is 0.406 e. The molecule has 2 atom stereocenters. The predicted molar refractivity (Wildman–Crippen MR) is 45.0 cm³/mol. The maximum Gasteiger partial charge on any atom is 0.406 e. The fraction of sp³-hybridized carbons (Fsp3) is 0.400. The van der Waals surface area contributed by atoms with Crippen molar-refractivity contribution in [1.29, 1.82) is 0 Å². The van der Waals surface area contributed by atoms with Crippen LogP contribution in [0.15, 0.2) is 0 Å². The van der Waals surface area contributed by atoms with Crippen LogP contribution in [-0.4, -0.2) is 43.5 Å². The number of carboxylic acid groups (broad SMARTS) is 3. The largest absolute Gasteiger partial charge is 0.481 e. The van der Waals surface area contributed by atoms with Crippen LogP contribution in [0, 0.1) is 0 Å². The van der Waals surface area contributed by atoms with E-state index in [1.807, 2.05) is 0 Å². The van der Waals surface area contributed by atoms with Crippen molar-refractivity contribution >= 4 is 26.1 Å². The molecule has 0 aromatic carbocycles. The zero-order valence-corrected chi connectivity index (χ0v) is 8.13. The summed E-state index contributed by atoms with van der Waals surface area (Å²) in [6.07, 6.45) is -3.21. The van der Waals surface area contributed by atoms with Crippen LogP contribution < -0.4 is 5.32 Å². The molecule has 0 bridgehead atoms. The van der Waals surface area contributed by atoms with E-state index in [-0.39, 0.29) is 0 Å². The highest BCUT2D eigenvalue weighted by molar-refractivity contribution is 7.41. The number of carbonyl (C=O) groups is 3. The van der Waals surface area contributed by atoms with Gasteiger partial charge in [-0.1, -0.05) is 0 Å². The number of amides is 1. The molecule has 0 saturated carbocycles. The molecule has 9 nitrogen and oxygen atoms in total. The molecular formula is C5H8NO8P. The van der Waals surface area contributed by atoms with Crippen molar-refractivity contribution in [2.24, 2.45) is 0 Å². The van der Waals surface area contributed by atoms with Gasteiger partial charge in [-0.3, -0.25) is 14.7 Å². The molecule has 10 heteroatoms. The Balaban J connectivity index is 5.26. The number of rotatable bonds is 5. The van der Waals surface area contributed by atoms with Crippen molar-refractivity contribution in [2.75, 3.05) is 0 Å². The summed E-state index contributed by atoms with van der Waals surface area (Å²) in [6.45, 7) is 0. The summed E-state index contributed by atoms with van der Waals surface area (Å²) < 4.78 is 10.7. The Labute approximate surface area is 83.2 Å². The maximum absolute atomic E-state index is 10.7. The van der Waals surface area contributed by atoms with Gasteiger partial charge in [0, 0.05) is 0 Å². The summed E-state index contributed by atoms with van der Waals surface area (Å²) in [5.41, 5.74) is 0. The van der Waals surface area contributed by atoms with Crippen LogP contribution >= 0.6 is 8.03 Å². The van der Waals surface area contributed by atoms with Crippen LogP contribution in [0.25, 0.3) is 0 Å². The van der Waals surface area contributed by atoms with Crippen LogP contribution in [0.4, 0.5) is 4.79 Å². The van der Waals surface area contributed by atoms with Gasteiger partial charge in [-0.2, -0.15) is 0 Å². The molecule has 0 saturated heterocycles. The van der Waals surface area contributed by atoms with Crippen molar-refractivity contribution in [3.8, 4) is 0 Å². The van der Waals surface area contributed by atoms with E-state index >= 15 is 0 Å². The molecule has 0 radical (unpaired) electrons. The summed E-state index contributed by atoms with van der Waals surface area (Å²) >= 11 is 0. The number of aliphatic carboxylic acids is 2. The first-order valence-corrected chi connectivity index (χ1v) is 4.77. The highest BCUT2D eigenvalue weighted by Gasteiger charge is 2.48. The molecule has 0 rings (SSSR count). The Morgan fingerprint density at radius 3 is 1.87 bits per heavy atom. The SMILES string of the molecule is O=C(O)CC(NC(=O)O)(C(=O)O)[PH](=O)O. The molecule has 0 aliphatic rings. The third kappa shape index (κ3) is 3.22. The Morgan fingerprint density at radius 1 is 1.20 bits per heavy atom. The molecule has 0 fully saturated rings. The molecule has 0 aromatic rings. The average Bonchev–Trinajstić information content (AvgIpc) is 1.99. The van der Waals surface area contributed by atoms with E-state index in [4.69, 9.17) is 20.2 Å². The van der Waals surface area contributed by atoms with Gasteiger partial charge in [-0.25, -0.2) is 9.59 Å². The summed E-state index contributed by atoms with van der Waals surface area (Å²) in [4.78, 5) is 39.8. The molecule has 15 heavy (non-hydrogen) atoms. The minimum absolute atomic E-state index is 1.24. The molecule has 86 valence electrons. The van der Waals surface area contributed by atoms with Gasteiger partial charge in [0.15, 0.2) is 0 Å². The monoisotopic (exact) mass is 241 g/mol. The molecule has 0 aliphatic carbocycles. The summed E-state index contributed by atoms with van der Waals surface area (Å²) in [5, 5.41) is 23.5. The Bertz CT molecular complexity index is 293. The summed E-state index contributed by atoms with van der Waals surface area (Å²) in [5.74, 6) is -3.72. The standard InChI is InChI=1S/C5H8NO8P/c7-2(8)1-5(3(9)10,15(13)14)6-4(11)12/h6,15H,1H2,(H,7,8)(H,9,10)(H,11,12)(H,13,14). The molecule has 2 unspecified atom stereocenters. The fourth-order valence-electron chi connectivity index (χ4n) is 0.803. The van der Waals surface area contributed by atoms with Gasteiger partial charge in [0.05, 0.1) is 6.42 Å². The Morgan fingerprint density at radius 2 is 1.67 bits per heavy atom. The second kappa shape index (κ2) is 4.76. The number of hydrogen-bond acceptors (Lipinski definition) is 4. The topological polar surface area (TPSA) is 161 Å². The molecule has 0 aromatic heterocycles. The van der Waals surface area contributed by atoms with E-state index in [2.05, 4.69) is 0 Å². The van der Waals surface area contributed by atoms with Gasteiger partial charge in [0.1, 0.15) is 0 Å². The van der Waals surface area contributed by atoms with Crippen LogP contribution in [0.2, 0.25) is 0 Å². The quantitative estimate of drug-likeness (QED) is 0.382. The lowest BCUT2D eigenvalue weighted by molar-refractivity contribution is -0.147. The van der Waals surface area contributed by atoms with Gasteiger partial charge in [0.25, 0.3) is 0 Å².